The van der Waals surface area contributed by atoms with Gasteiger partial charge >= 0.3 is 11.6 Å². The molecule has 0 spiro atoms. The van der Waals surface area contributed by atoms with Gasteiger partial charge in [0, 0.05) is 83.1 Å². The normalized spacial score (nSPS) is 13.1. The van der Waals surface area contributed by atoms with Gasteiger partial charge in [0.05, 0.1) is 12.5 Å². The van der Waals surface area contributed by atoms with Crippen molar-refractivity contribution in [3.05, 3.63) is 148 Å². The van der Waals surface area contributed by atoms with E-state index >= 15 is 0 Å². The van der Waals surface area contributed by atoms with E-state index in [0.717, 1.165) is 21.8 Å². The average molecular weight is 867 g/mol. The number of carboxylic acid groups (broad SMARTS) is 1. The smallest absolute Gasteiger partial charge is 0.336 e. The number of H-pyrrole nitrogens is 2. The number of aliphatic carboxylic acids is 1. The van der Waals surface area contributed by atoms with Gasteiger partial charge in [0.15, 0.2) is 0 Å². The molecular formula is C47H46N8O9. The number of hydrogen-bond donors (Lipinski definition) is 9. The van der Waals surface area contributed by atoms with E-state index in [1.165, 1.54) is 12.1 Å². The molecule has 64 heavy (non-hydrogen) atoms. The van der Waals surface area contributed by atoms with Gasteiger partial charge in [-0.25, -0.2) is 4.79 Å². The third kappa shape index (κ3) is 10.9. The van der Waals surface area contributed by atoms with Crippen molar-refractivity contribution in [1.29, 1.82) is 0 Å². The number of hydrogen-bond acceptors (Lipinski definition) is 9. The summed E-state index contributed by atoms with van der Waals surface area (Å²) in [7, 11) is 0. The lowest BCUT2D eigenvalue weighted by Crippen LogP contribution is -2.58. The number of aromatic nitrogens is 2. The molecule has 3 heterocycles. The van der Waals surface area contributed by atoms with E-state index in [0.29, 0.717) is 27.6 Å². The monoisotopic (exact) mass is 866 g/mol. The summed E-state index contributed by atoms with van der Waals surface area (Å²) < 4.78 is 5.39. The van der Waals surface area contributed by atoms with Gasteiger partial charge < -0.3 is 52.2 Å². The van der Waals surface area contributed by atoms with Gasteiger partial charge in [-0.15, -0.1) is 0 Å². The molecule has 7 rings (SSSR count). The number of carbonyl (C=O) groups excluding carboxylic acids is 5. The predicted molar refractivity (Wildman–Crippen MR) is 239 cm³/mol. The van der Waals surface area contributed by atoms with Crippen LogP contribution in [0, 0.1) is 0 Å². The minimum absolute atomic E-state index is 0.00644. The fourth-order valence-electron chi connectivity index (χ4n) is 7.62. The Morgan fingerprint density at radius 2 is 1.17 bits per heavy atom. The Kier molecular flexibility index (Phi) is 13.6. The van der Waals surface area contributed by atoms with Crippen molar-refractivity contribution >= 4 is 74.0 Å². The first kappa shape index (κ1) is 44.0. The van der Waals surface area contributed by atoms with E-state index in [4.69, 9.17) is 15.9 Å². The van der Waals surface area contributed by atoms with Crippen molar-refractivity contribution in [1.82, 2.24) is 25.9 Å². The summed E-state index contributed by atoms with van der Waals surface area (Å²) in [6, 6.07) is 24.5. The summed E-state index contributed by atoms with van der Waals surface area (Å²) in [6.07, 6.45) is 2.69. The molecule has 0 unspecified atom stereocenters. The van der Waals surface area contributed by atoms with Crippen LogP contribution in [-0.4, -0.2) is 74.7 Å². The van der Waals surface area contributed by atoms with Crippen LogP contribution in [0.2, 0.25) is 0 Å². The molecule has 0 radical (unpaired) electrons. The standard InChI is InChI=1S/C47H46N8O9/c48-34(16-17-42(57)58)44(60)53-39(20-29-25-51-36-13-7-5-11-32(29)36)47(63)54-37(18-26-8-2-1-3-9-26)46(62)55-38(19-28-24-50-35-12-6-4-10-31(28)35)45(61)52-30-14-15-33-27(21-41(49)56)22-43(59)64-40(33)23-30/h1-15,22-25,34,37-39,50-51H,16-21,48H2,(H2,49,56)(H,52,61)(H,53,60)(H,54,63)(H,55,62)(H,57,58)/t34-,37-,38-,39-/m0/s1. The lowest BCUT2D eigenvalue weighted by molar-refractivity contribution is -0.137. The van der Waals surface area contributed by atoms with E-state index in [1.54, 1.807) is 54.9 Å². The molecule has 17 nitrogen and oxygen atoms in total. The molecule has 0 aliphatic heterocycles. The number of benzene rings is 4. The van der Waals surface area contributed by atoms with Crippen LogP contribution >= 0.6 is 0 Å². The molecular weight excluding hydrogens is 821 g/mol. The van der Waals surface area contributed by atoms with Gasteiger partial charge in [0.2, 0.25) is 29.5 Å². The molecule has 0 saturated heterocycles. The summed E-state index contributed by atoms with van der Waals surface area (Å²) >= 11 is 0. The van der Waals surface area contributed by atoms with E-state index in [-0.39, 0.29) is 49.8 Å². The largest absolute Gasteiger partial charge is 0.481 e. The van der Waals surface area contributed by atoms with Gasteiger partial charge in [0.25, 0.3) is 0 Å². The fraction of sp³-hybridized carbons (Fsp3) is 0.213. The number of fused-ring (bicyclic) bond motifs is 3. The third-order valence-electron chi connectivity index (χ3n) is 10.8. The Morgan fingerprint density at radius 3 is 1.77 bits per heavy atom. The zero-order valence-electron chi connectivity index (χ0n) is 34.4. The highest BCUT2D eigenvalue weighted by Gasteiger charge is 2.32. The SMILES string of the molecule is NC(=O)Cc1cc(=O)oc2cc(NC(=O)[C@H](Cc3c[nH]c4ccccc34)NC(=O)[C@H](Cc3ccccc3)NC(=O)[C@H](Cc3c[nH]c4ccccc34)NC(=O)[C@@H](N)CCC(=O)O)ccc12. The number of amides is 5. The summed E-state index contributed by atoms with van der Waals surface area (Å²) in [5.41, 5.74) is 15.1. The Morgan fingerprint density at radius 1 is 0.625 bits per heavy atom. The maximum absolute atomic E-state index is 14.6. The van der Waals surface area contributed by atoms with E-state index in [9.17, 15) is 38.7 Å². The van der Waals surface area contributed by atoms with Crippen LogP contribution in [0.4, 0.5) is 5.69 Å². The minimum Gasteiger partial charge on any atom is -0.481 e. The van der Waals surface area contributed by atoms with Gasteiger partial charge in [0.1, 0.15) is 23.7 Å². The number of carboxylic acids is 1. The molecule has 0 fully saturated rings. The highest BCUT2D eigenvalue weighted by Crippen LogP contribution is 2.24. The van der Waals surface area contributed by atoms with Crippen molar-refractivity contribution in [2.75, 3.05) is 5.32 Å². The van der Waals surface area contributed by atoms with Crippen LogP contribution in [0.1, 0.15) is 35.1 Å². The zero-order chi connectivity index (χ0) is 45.3. The highest BCUT2D eigenvalue weighted by atomic mass is 16.4. The first-order valence-corrected chi connectivity index (χ1v) is 20.5. The molecule has 4 atom stereocenters. The number of nitrogens with one attached hydrogen (secondary N) is 6. The highest BCUT2D eigenvalue weighted by molar-refractivity contribution is 6.01. The quantitative estimate of drug-likeness (QED) is 0.0536. The van der Waals surface area contributed by atoms with Crippen molar-refractivity contribution in [2.45, 2.75) is 62.7 Å². The second-order valence-corrected chi connectivity index (χ2v) is 15.5. The fourth-order valence-corrected chi connectivity index (χ4v) is 7.62. The van der Waals surface area contributed by atoms with Crippen molar-refractivity contribution in [2.24, 2.45) is 11.5 Å². The van der Waals surface area contributed by atoms with Gasteiger partial charge in [-0.2, -0.15) is 0 Å². The Bertz CT molecular complexity index is 2920. The molecule has 0 saturated carbocycles. The van der Waals surface area contributed by atoms with E-state index in [1.807, 2.05) is 48.5 Å². The van der Waals surface area contributed by atoms with Crippen molar-refractivity contribution < 1.29 is 38.3 Å². The first-order chi connectivity index (χ1) is 30.8. The number of para-hydroxylation sites is 2. The van der Waals surface area contributed by atoms with E-state index in [2.05, 4.69) is 31.2 Å². The summed E-state index contributed by atoms with van der Waals surface area (Å²) in [6.45, 7) is 0. The summed E-state index contributed by atoms with van der Waals surface area (Å²) in [4.78, 5) is 98.4. The van der Waals surface area contributed by atoms with Gasteiger partial charge in [-0.1, -0.05) is 66.7 Å². The zero-order valence-corrected chi connectivity index (χ0v) is 34.4. The lowest BCUT2D eigenvalue weighted by atomic mass is 10.00. The molecule has 0 aliphatic carbocycles. The van der Waals surface area contributed by atoms with Crippen LogP contribution in [0.15, 0.2) is 125 Å². The van der Waals surface area contributed by atoms with Crippen LogP contribution in [0.5, 0.6) is 0 Å². The second-order valence-electron chi connectivity index (χ2n) is 15.5. The number of carbonyl (C=O) groups is 6. The number of rotatable bonds is 19. The predicted octanol–water partition coefficient (Wildman–Crippen LogP) is 3.10. The molecule has 3 aromatic heterocycles. The van der Waals surface area contributed by atoms with Crippen LogP contribution in [0.25, 0.3) is 32.8 Å². The van der Waals surface area contributed by atoms with Crippen LogP contribution in [-0.2, 0) is 54.5 Å². The van der Waals surface area contributed by atoms with Gasteiger partial charge in [-0.05, 0) is 52.9 Å². The topological polar surface area (TPSA) is 285 Å². The van der Waals surface area contributed by atoms with Crippen molar-refractivity contribution in [3.8, 4) is 0 Å². The van der Waals surface area contributed by atoms with Crippen LogP contribution < -0.4 is 38.4 Å². The Labute approximate surface area is 365 Å². The summed E-state index contributed by atoms with van der Waals surface area (Å²) in [5, 5.41) is 22.4. The average Bonchev–Trinajstić information content (AvgIpc) is 3.88. The minimum atomic E-state index is -1.28. The molecule has 0 aliphatic rings. The Hall–Kier alpha value is -8.05. The van der Waals surface area contributed by atoms with Gasteiger partial charge in [-0.3, -0.25) is 28.8 Å². The number of anilines is 1. The molecule has 4 aromatic carbocycles. The second kappa shape index (κ2) is 19.8. The molecule has 11 N–H and O–H groups in total. The summed E-state index contributed by atoms with van der Waals surface area (Å²) in [5.74, 6) is -4.62. The maximum atomic E-state index is 14.6. The number of nitrogens with two attached hydrogens (primary N) is 2. The van der Waals surface area contributed by atoms with E-state index < -0.39 is 65.3 Å². The molecule has 7 aromatic rings. The Balaban J connectivity index is 1.19. The molecule has 328 valence electrons. The maximum Gasteiger partial charge on any atom is 0.336 e. The van der Waals surface area contributed by atoms with Crippen molar-refractivity contribution in [3.63, 3.8) is 0 Å². The first-order valence-electron chi connectivity index (χ1n) is 20.5. The molecule has 0 bridgehead atoms. The lowest BCUT2D eigenvalue weighted by Gasteiger charge is -2.26. The molecule has 5 amide bonds. The number of aromatic amines is 2. The third-order valence-corrected chi connectivity index (χ3v) is 10.8. The molecule has 17 heteroatoms. The number of primary amides is 1. The van der Waals surface area contributed by atoms with Crippen LogP contribution in [0.3, 0.4) is 0 Å².